The Balaban J connectivity index is 1.31. The SMILES string of the molecule is CC(C)N1CCN(CCCc2cnc3ccc(-c4cn[nH]c4-c4cc(Cl)c(F)cc4F)nc3c2)CC1. The molecule has 4 aromatic rings. The van der Waals surface area contributed by atoms with Gasteiger partial charge in [0.05, 0.1) is 33.6 Å². The number of aromatic nitrogens is 4. The molecule has 5 rings (SSSR count). The lowest BCUT2D eigenvalue weighted by molar-refractivity contribution is 0.108. The Kier molecular flexibility index (Phi) is 7.27. The van der Waals surface area contributed by atoms with Crippen molar-refractivity contribution in [2.75, 3.05) is 32.7 Å². The van der Waals surface area contributed by atoms with E-state index in [0.29, 0.717) is 23.0 Å². The molecule has 0 saturated carbocycles. The number of H-pyrrole nitrogens is 1. The molecule has 0 amide bonds. The zero-order valence-electron chi connectivity index (χ0n) is 20.4. The van der Waals surface area contributed by atoms with E-state index in [2.05, 4.69) is 44.9 Å². The summed E-state index contributed by atoms with van der Waals surface area (Å²) in [5, 5.41) is 6.72. The summed E-state index contributed by atoms with van der Waals surface area (Å²) in [4.78, 5) is 14.4. The van der Waals surface area contributed by atoms with E-state index < -0.39 is 11.6 Å². The second kappa shape index (κ2) is 10.6. The number of aromatic amines is 1. The van der Waals surface area contributed by atoms with Crippen LogP contribution in [0.4, 0.5) is 8.78 Å². The molecular weight excluding hydrogens is 482 g/mol. The van der Waals surface area contributed by atoms with Gasteiger partial charge in [0.1, 0.15) is 11.6 Å². The molecule has 4 heterocycles. The van der Waals surface area contributed by atoms with Crippen molar-refractivity contribution < 1.29 is 8.78 Å². The number of rotatable bonds is 7. The Labute approximate surface area is 214 Å². The van der Waals surface area contributed by atoms with Crippen LogP contribution < -0.4 is 0 Å². The van der Waals surface area contributed by atoms with Crippen molar-refractivity contribution in [2.24, 2.45) is 0 Å². The molecule has 1 aromatic carbocycles. The smallest absolute Gasteiger partial charge is 0.144 e. The van der Waals surface area contributed by atoms with Gasteiger partial charge in [0.15, 0.2) is 0 Å². The van der Waals surface area contributed by atoms with E-state index in [1.165, 1.54) is 6.07 Å². The molecule has 6 nitrogen and oxygen atoms in total. The number of benzene rings is 1. The van der Waals surface area contributed by atoms with Crippen LogP contribution in [-0.2, 0) is 6.42 Å². The average Bonchev–Trinajstić information content (AvgIpc) is 3.36. The molecule has 188 valence electrons. The quantitative estimate of drug-likeness (QED) is 0.329. The number of aryl methyl sites for hydroxylation is 1. The first-order valence-corrected chi connectivity index (χ1v) is 12.7. The minimum absolute atomic E-state index is 0.136. The fourth-order valence-corrected chi connectivity index (χ4v) is 4.91. The van der Waals surface area contributed by atoms with E-state index in [0.717, 1.165) is 68.2 Å². The number of hydrogen-bond acceptors (Lipinski definition) is 5. The molecule has 0 radical (unpaired) electrons. The number of nitrogens with one attached hydrogen (secondary N) is 1. The highest BCUT2D eigenvalue weighted by atomic mass is 35.5. The van der Waals surface area contributed by atoms with E-state index in [-0.39, 0.29) is 10.6 Å². The second-order valence-corrected chi connectivity index (χ2v) is 9.97. The minimum Gasteiger partial charge on any atom is -0.301 e. The molecule has 9 heteroatoms. The van der Waals surface area contributed by atoms with Crippen LogP contribution in [0.25, 0.3) is 33.5 Å². The monoisotopic (exact) mass is 510 g/mol. The topological polar surface area (TPSA) is 60.9 Å². The van der Waals surface area contributed by atoms with Gasteiger partial charge in [0.2, 0.25) is 0 Å². The van der Waals surface area contributed by atoms with Gasteiger partial charge in [0, 0.05) is 55.6 Å². The van der Waals surface area contributed by atoms with Crippen LogP contribution in [0.15, 0.2) is 42.7 Å². The summed E-state index contributed by atoms with van der Waals surface area (Å²) < 4.78 is 28.2. The molecule has 0 spiro atoms. The third-order valence-corrected chi connectivity index (χ3v) is 7.16. The highest BCUT2D eigenvalue weighted by Crippen LogP contribution is 2.34. The summed E-state index contributed by atoms with van der Waals surface area (Å²) in [6.45, 7) is 10.1. The molecule has 1 aliphatic heterocycles. The molecule has 0 bridgehead atoms. The Morgan fingerprint density at radius 1 is 0.972 bits per heavy atom. The maximum absolute atomic E-state index is 14.5. The van der Waals surface area contributed by atoms with Gasteiger partial charge in [-0.05, 0) is 63.1 Å². The zero-order valence-corrected chi connectivity index (χ0v) is 21.2. The second-order valence-electron chi connectivity index (χ2n) is 9.56. The minimum atomic E-state index is -0.806. The summed E-state index contributed by atoms with van der Waals surface area (Å²) in [5.41, 5.74) is 4.43. The third-order valence-electron chi connectivity index (χ3n) is 6.87. The molecule has 3 aromatic heterocycles. The van der Waals surface area contributed by atoms with Crippen molar-refractivity contribution in [3.8, 4) is 22.5 Å². The number of hydrogen-bond donors (Lipinski definition) is 1. The van der Waals surface area contributed by atoms with Gasteiger partial charge in [-0.15, -0.1) is 0 Å². The largest absolute Gasteiger partial charge is 0.301 e. The van der Waals surface area contributed by atoms with Crippen LogP contribution in [0.1, 0.15) is 25.8 Å². The van der Waals surface area contributed by atoms with Crippen LogP contribution in [0, 0.1) is 11.6 Å². The molecule has 0 atom stereocenters. The Bertz CT molecular complexity index is 1360. The van der Waals surface area contributed by atoms with Crippen molar-refractivity contribution in [1.82, 2.24) is 30.0 Å². The van der Waals surface area contributed by atoms with Gasteiger partial charge >= 0.3 is 0 Å². The van der Waals surface area contributed by atoms with Gasteiger partial charge in [-0.3, -0.25) is 15.0 Å². The zero-order chi connectivity index (χ0) is 25.2. The van der Waals surface area contributed by atoms with Crippen molar-refractivity contribution >= 4 is 22.6 Å². The van der Waals surface area contributed by atoms with E-state index in [4.69, 9.17) is 16.6 Å². The number of fused-ring (bicyclic) bond motifs is 1. The van der Waals surface area contributed by atoms with Crippen LogP contribution in [0.2, 0.25) is 5.02 Å². The average molecular weight is 511 g/mol. The third kappa shape index (κ3) is 5.26. The lowest BCUT2D eigenvalue weighted by atomic mass is 10.0. The van der Waals surface area contributed by atoms with Crippen molar-refractivity contribution in [1.29, 1.82) is 0 Å². The van der Waals surface area contributed by atoms with E-state index in [1.54, 1.807) is 6.20 Å². The first kappa shape index (κ1) is 24.7. The first-order valence-electron chi connectivity index (χ1n) is 12.3. The first-order chi connectivity index (χ1) is 17.4. The summed E-state index contributed by atoms with van der Waals surface area (Å²) in [7, 11) is 0. The van der Waals surface area contributed by atoms with Crippen LogP contribution in [0.5, 0.6) is 0 Å². The van der Waals surface area contributed by atoms with Gasteiger partial charge in [-0.2, -0.15) is 5.10 Å². The summed E-state index contributed by atoms with van der Waals surface area (Å²) >= 11 is 5.90. The molecule has 1 N–H and O–H groups in total. The number of halogens is 3. The Morgan fingerprint density at radius 3 is 2.56 bits per heavy atom. The van der Waals surface area contributed by atoms with Crippen molar-refractivity contribution in [3.05, 3.63) is 64.9 Å². The van der Waals surface area contributed by atoms with Crippen LogP contribution in [0.3, 0.4) is 0 Å². The van der Waals surface area contributed by atoms with E-state index in [9.17, 15) is 8.78 Å². The van der Waals surface area contributed by atoms with Gasteiger partial charge in [-0.25, -0.2) is 13.8 Å². The molecule has 1 fully saturated rings. The van der Waals surface area contributed by atoms with E-state index in [1.807, 2.05) is 18.3 Å². The van der Waals surface area contributed by atoms with Crippen molar-refractivity contribution in [3.63, 3.8) is 0 Å². The lowest BCUT2D eigenvalue weighted by Gasteiger charge is -2.36. The Morgan fingerprint density at radius 2 is 1.78 bits per heavy atom. The van der Waals surface area contributed by atoms with Crippen LogP contribution >= 0.6 is 11.6 Å². The van der Waals surface area contributed by atoms with Crippen LogP contribution in [-0.4, -0.2) is 68.7 Å². The van der Waals surface area contributed by atoms with Gasteiger partial charge < -0.3 is 4.90 Å². The van der Waals surface area contributed by atoms with Gasteiger partial charge in [0.25, 0.3) is 0 Å². The maximum Gasteiger partial charge on any atom is 0.144 e. The lowest BCUT2D eigenvalue weighted by Crippen LogP contribution is -2.48. The number of pyridine rings is 2. The maximum atomic E-state index is 14.5. The summed E-state index contributed by atoms with van der Waals surface area (Å²) in [6, 6.07) is 8.42. The van der Waals surface area contributed by atoms with Crippen molar-refractivity contribution in [2.45, 2.75) is 32.7 Å². The van der Waals surface area contributed by atoms with Gasteiger partial charge in [-0.1, -0.05) is 11.6 Å². The normalized spacial score (nSPS) is 15.3. The summed E-state index contributed by atoms with van der Waals surface area (Å²) in [5.74, 6) is -1.53. The predicted molar refractivity (Wildman–Crippen MR) is 139 cm³/mol. The molecule has 0 aliphatic carbocycles. The molecule has 1 aliphatic rings. The predicted octanol–water partition coefficient (Wildman–Crippen LogP) is 5.58. The standard InChI is InChI=1S/C27H29ClF2N6/c1-17(2)36-10-8-35(9-11-36)7-3-4-18-12-26-25(31-15-18)6-5-24(33-26)20-16-32-34-27(20)19-13-21(28)23(30)14-22(19)29/h5-6,12-17H,3-4,7-11H2,1-2H3,(H,32,34). The highest BCUT2D eigenvalue weighted by Gasteiger charge is 2.19. The molecular formula is C27H29ClF2N6. The fourth-order valence-electron chi connectivity index (χ4n) is 4.74. The fraction of sp³-hybridized carbons (Fsp3) is 0.370. The molecule has 1 saturated heterocycles. The highest BCUT2D eigenvalue weighted by molar-refractivity contribution is 6.31. The molecule has 36 heavy (non-hydrogen) atoms. The number of piperazine rings is 1. The Hall–Kier alpha value is -2.94. The summed E-state index contributed by atoms with van der Waals surface area (Å²) in [6.07, 6.45) is 5.48. The van der Waals surface area contributed by atoms with E-state index >= 15 is 0 Å². The number of nitrogens with zero attached hydrogens (tertiary/aromatic N) is 5. The molecule has 0 unspecified atom stereocenters.